The smallest absolute Gasteiger partial charge is 0.0506 e. The van der Waals surface area contributed by atoms with Gasteiger partial charge in [-0.15, -0.1) is 0 Å². The van der Waals surface area contributed by atoms with Gasteiger partial charge in [0.2, 0.25) is 0 Å². The largest absolute Gasteiger partial charge is 0.381 e. The van der Waals surface area contributed by atoms with Crippen LogP contribution in [0.15, 0.2) is 24.3 Å². The highest BCUT2D eigenvalue weighted by Gasteiger charge is 2.14. The Morgan fingerprint density at radius 1 is 1.47 bits per heavy atom. The highest BCUT2D eigenvalue weighted by Crippen LogP contribution is 2.16. The molecule has 1 aromatic rings. The number of nitrogens with one attached hydrogen (secondary N) is 1. The van der Waals surface area contributed by atoms with Crippen LogP contribution in [-0.2, 0) is 4.74 Å². The van der Waals surface area contributed by atoms with E-state index in [1.165, 1.54) is 24.0 Å². The van der Waals surface area contributed by atoms with Gasteiger partial charge >= 0.3 is 0 Å². The lowest BCUT2D eigenvalue weighted by Crippen LogP contribution is -2.30. The molecule has 0 bridgehead atoms. The van der Waals surface area contributed by atoms with Crippen LogP contribution < -0.4 is 5.32 Å². The van der Waals surface area contributed by atoms with Gasteiger partial charge in [-0.05, 0) is 38.2 Å². The fourth-order valence-corrected chi connectivity index (χ4v) is 2.37. The first-order valence-corrected chi connectivity index (χ1v) is 6.63. The minimum atomic E-state index is 0.428. The van der Waals surface area contributed by atoms with Crippen molar-refractivity contribution in [3.05, 3.63) is 35.4 Å². The van der Waals surface area contributed by atoms with Crippen LogP contribution in [0.1, 0.15) is 36.9 Å². The molecule has 1 aliphatic rings. The van der Waals surface area contributed by atoms with Crippen molar-refractivity contribution in [2.45, 2.75) is 32.7 Å². The Kier molecular flexibility index (Phi) is 4.57. The number of hydrogen-bond donors (Lipinski definition) is 1. The molecular weight excluding hydrogens is 210 g/mol. The van der Waals surface area contributed by atoms with Crippen molar-refractivity contribution in [2.75, 3.05) is 19.8 Å². The van der Waals surface area contributed by atoms with E-state index in [2.05, 4.69) is 43.4 Å². The van der Waals surface area contributed by atoms with E-state index in [1.54, 1.807) is 0 Å². The molecule has 1 fully saturated rings. The first kappa shape index (κ1) is 12.6. The number of ether oxygens (including phenoxy) is 1. The van der Waals surface area contributed by atoms with E-state index < -0.39 is 0 Å². The molecule has 0 aliphatic carbocycles. The first-order chi connectivity index (χ1) is 8.25. The summed E-state index contributed by atoms with van der Waals surface area (Å²) in [7, 11) is 0. The molecule has 0 spiro atoms. The van der Waals surface area contributed by atoms with E-state index in [-0.39, 0.29) is 0 Å². The standard InChI is InChI=1S/C15H23NO/c1-12-5-3-7-15(9-12)13(2)16-10-14-6-4-8-17-11-14/h3,5,7,9,13-14,16H,4,6,8,10-11H2,1-2H3/t13-,14?/m1/s1. The summed E-state index contributed by atoms with van der Waals surface area (Å²) in [6.45, 7) is 7.32. The van der Waals surface area contributed by atoms with Crippen LogP contribution in [0.4, 0.5) is 0 Å². The van der Waals surface area contributed by atoms with E-state index in [4.69, 9.17) is 4.74 Å². The third-order valence-corrected chi connectivity index (χ3v) is 3.51. The molecule has 2 atom stereocenters. The molecule has 2 rings (SSSR count). The monoisotopic (exact) mass is 233 g/mol. The van der Waals surface area contributed by atoms with Crippen molar-refractivity contribution < 1.29 is 4.74 Å². The molecule has 0 saturated carbocycles. The Bertz CT molecular complexity index is 345. The topological polar surface area (TPSA) is 21.3 Å². The van der Waals surface area contributed by atoms with Crippen molar-refractivity contribution in [1.82, 2.24) is 5.32 Å². The summed E-state index contributed by atoms with van der Waals surface area (Å²) in [5, 5.41) is 3.62. The first-order valence-electron chi connectivity index (χ1n) is 6.63. The van der Waals surface area contributed by atoms with Crippen molar-refractivity contribution in [2.24, 2.45) is 5.92 Å². The maximum atomic E-state index is 5.50. The van der Waals surface area contributed by atoms with Crippen molar-refractivity contribution in [3.8, 4) is 0 Å². The second-order valence-electron chi connectivity index (χ2n) is 5.13. The zero-order valence-corrected chi connectivity index (χ0v) is 10.9. The number of hydrogen-bond acceptors (Lipinski definition) is 2. The minimum absolute atomic E-state index is 0.428. The highest BCUT2D eigenvalue weighted by atomic mass is 16.5. The molecule has 1 N–H and O–H groups in total. The van der Waals surface area contributed by atoms with Crippen molar-refractivity contribution in [3.63, 3.8) is 0 Å². The molecule has 1 aliphatic heterocycles. The maximum Gasteiger partial charge on any atom is 0.0506 e. The highest BCUT2D eigenvalue weighted by molar-refractivity contribution is 5.24. The molecule has 1 aromatic carbocycles. The molecule has 94 valence electrons. The fourth-order valence-electron chi connectivity index (χ4n) is 2.37. The van der Waals surface area contributed by atoms with Gasteiger partial charge < -0.3 is 10.1 Å². The molecule has 1 heterocycles. The van der Waals surface area contributed by atoms with Crippen molar-refractivity contribution in [1.29, 1.82) is 0 Å². The maximum absolute atomic E-state index is 5.50. The summed E-state index contributed by atoms with van der Waals surface area (Å²) in [6.07, 6.45) is 2.51. The van der Waals surface area contributed by atoms with Crippen LogP contribution in [0.25, 0.3) is 0 Å². The average Bonchev–Trinajstić information content (AvgIpc) is 2.37. The quantitative estimate of drug-likeness (QED) is 0.863. The summed E-state index contributed by atoms with van der Waals surface area (Å²) >= 11 is 0. The number of rotatable bonds is 4. The van der Waals surface area contributed by atoms with Gasteiger partial charge in [-0.2, -0.15) is 0 Å². The second-order valence-corrected chi connectivity index (χ2v) is 5.13. The van der Waals surface area contributed by atoms with Crippen LogP contribution in [0, 0.1) is 12.8 Å². The number of benzene rings is 1. The zero-order chi connectivity index (χ0) is 12.1. The second kappa shape index (κ2) is 6.18. The zero-order valence-electron chi connectivity index (χ0n) is 10.9. The van der Waals surface area contributed by atoms with Crippen LogP contribution >= 0.6 is 0 Å². The Hall–Kier alpha value is -0.860. The van der Waals surface area contributed by atoms with Crippen LogP contribution in [-0.4, -0.2) is 19.8 Å². The van der Waals surface area contributed by atoms with E-state index in [1.807, 2.05) is 0 Å². The Morgan fingerprint density at radius 3 is 3.06 bits per heavy atom. The molecule has 2 nitrogen and oxygen atoms in total. The minimum Gasteiger partial charge on any atom is -0.381 e. The van der Waals surface area contributed by atoms with Crippen LogP contribution in [0.5, 0.6) is 0 Å². The molecule has 0 amide bonds. The lowest BCUT2D eigenvalue weighted by Gasteiger charge is -2.24. The van der Waals surface area contributed by atoms with Crippen LogP contribution in [0.2, 0.25) is 0 Å². The number of aryl methyl sites for hydroxylation is 1. The SMILES string of the molecule is Cc1cccc([C@@H](C)NCC2CCCOC2)c1. The molecule has 2 heteroatoms. The van der Waals surface area contributed by atoms with Crippen molar-refractivity contribution >= 4 is 0 Å². The van der Waals surface area contributed by atoms with Gasteiger partial charge in [0.1, 0.15) is 0 Å². The summed E-state index contributed by atoms with van der Waals surface area (Å²) in [4.78, 5) is 0. The van der Waals surface area contributed by atoms with E-state index in [0.717, 1.165) is 19.8 Å². The van der Waals surface area contributed by atoms with Gasteiger partial charge in [-0.1, -0.05) is 29.8 Å². The summed E-state index contributed by atoms with van der Waals surface area (Å²) in [5.74, 6) is 0.691. The normalized spacial score (nSPS) is 22.4. The van der Waals surface area contributed by atoms with Gasteiger partial charge in [-0.25, -0.2) is 0 Å². The van der Waals surface area contributed by atoms with Gasteiger partial charge in [-0.3, -0.25) is 0 Å². The Balaban J connectivity index is 1.82. The van der Waals surface area contributed by atoms with Gasteiger partial charge in [0.15, 0.2) is 0 Å². The molecule has 1 saturated heterocycles. The lowest BCUT2D eigenvalue weighted by atomic mass is 10.0. The predicted molar refractivity (Wildman–Crippen MR) is 71.1 cm³/mol. The summed E-state index contributed by atoms with van der Waals surface area (Å²) in [5.41, 5.74) is 2.71. The van der Waals surface area contributed by atoms with Gasteiger partial charge in [0.05, 0.1) is 6.61 Å². The lowest BCUT2D eigenvalue weighted by molar-refractivity contribution is 0.0540. The van der Waals surface area contributed by atoms with E-state index >= 15 is 0 Å². The third kappa shape index (κ3) is 3.83. The van der Waals surface area contributed by atoms with Crippen LogP contribution in [0.3, 0.4) is 0 Å². The molecule has 17 heavy (non-hydrogen) atoms. The molecule has 1 unspecified atom stereocenters. The molecule has 0 aromatic heterocycles. The Labute approximate surface area is 104 Å². The molecule has 0 radical (unpaired) electrons. The van der Waals surface area contributed by atoms with E-state index in [9.17, 15) is 0 Å². The van der Waals surface area contributed by atoms with Gasteiger partial charge in [0, 0.05) is 19.2 Å². The molecular formula is C15H23NO. The third-order valence-electron chi connectivity index (χ3n) is 3.51. The van der Waals surface area contributed by atoms with Gasteiger partial charge in [0.25, 0.3) is 0 Å². The van der Waals surface area contributed by atoms with E-state index in [0.29, 0.717) is 12.0 Å². The Morgan fingerprint density at radius 2 is 2.35 bits per heavy atom. The summed E-state index contributed by atoms with van der Waals surface area (Å²) in [6, 6.07) is 9.16. The fraction of sp³-hybridized carbons (Fsp3) is 0.600. The average molecular weight is 233 g/mol. The predicted octanol–water partition coefficient (Wildman–Crippen LogP) is 3.07. The summed E-state index contributed by atoms with van der Waals surface area (Å²) < 4.78 is 5.50.